The molecule has 3 aliphatic rings. The van der Waals surface area contributed by atoms with Gasteiger partial charge in [-0.05, 0) is 42.7 Å². The Kier molecular flexibility index (Phi) is 5.88. The number of carbonyl (C=O) groups is 1. The molecule has 0 N–H and O–H groups in total. The highest BCUT2D eigenvalue weighted by molar-refractivity contribution is 7.90. The molecule has 0 saturated carbocycles. The molecule has 0 aromatic heterocycles. The minimum absolute atomic E-state index is 0.0106. The number of amides is 1. The maximum absolute atomic E-state index is 13.4. The molecule has 3 heterocycles. The summed E-state index contributed by atoms with van der Waals surface area (Å²) >= 11 is 6.16. The van der Waals surface area contributed by atoms with Crippen molar-refractivity contribution in [2.75, 3.05) is 32.7 Å². The lowest BCUT2D eigenvalue weighted by Crippen LogP contribution is -2.54. The summed E-state index contributed by atoms with van der Waals surface area (Å²) in [6, 6.07) is 10.8. The molecule has 2 aromatic rings. The van der Waals surface area contributed by atoms with E-state index in [1.54, 1.807) is 30.3 Å². The highest BCUT2D eigenvalue weighted by Crippen LogP contribution is 2.31. The van der Waals surface area contributed by atoms with Gasteiger partial charge in [-0.15, -0.1) is 4.40 Å². The van der Waals surface area contributed by atoms with Crippen LogP contribution in [-0.2, 0) is 21.4 Å². The summed E-state index contributed by atoms with van der Waals surface area (Å²) in [6.07, 6.45) is 1.48. The van der Waals surface area contributed by atoms with Gasteiger partial charge in [-0.25, -0.2) is 4.39 Å². The zero-order valence-corrected chi connectivity index (χ0v) is 19.5. The van der Waals surface area contributed by atoms with E-state index >= 15 is 0 Å². The predicted octanol–water partition coefficient (Wildman–Crippen LogP) is 2.74. The number of benzene rings is 2. The van der Waals surface area contributed by atoms with E-state index in [4.69, 9.17) is 11.6 Å². The smallest absolute Gasteiger partial charge is 0.285 e. The topological polar surface area (TPSA) is 73.3 Å². The van der Waals surface area contributed by atoms with Gasteiger partial charge >= 0.3 is 0 Å². The van der Waals surface area contributed by atoms with E-state index in [0.717, 1.165) is 12.0 Å². The van der Waals surface area contributed by atoms with Gasteiger partial charge in [0.05, 0.1) is 0 Å². The van der Waals surface area contributed by atoms with Gasteiger partial charge in [-0.2, -0.15) is 8.42 Å². The van der Waals surface area contributed by atoms with Gasteiger partial charge in [-0.3, -0.25) is 9.69 Å². The number of amidine groups is 1. The molecule has 7 nitrogen and oxygen atoms in total. The second kappa shape index (κ2) is 8.70. The van der Waals surface area contributed by atoms with E-state index in [1.807, 2.05) is 9.80 Å². The van der Waals surface area contributed by atoms with Crippen LogP contribution in [0.25, 0.3) is 0 Å². The summed E-state index contributed by atoms with van der Waals surface area (Å²) < 4.78 is 42.3. The summed E-state index contributed by atoms with van der Waals surface area (Å²) in [5.74, 6) is 0.0325. The van der Waals surface area contributed by atoms with Crippen LogP contribution in [0.15, 0.2) is 51.8 Å². The number of nitrogens with zero attached hydrogens (tertiary/aromatic N) is 4. The maximum atomic E-state index is 13.4. The van der Waals surface area contributed by atoms with Crippen molar-refractivity contribution in [1.29, 1.82) is 0 Å². The van der Waals surface area contributed by atoms with Crippen LogP contribution in [0.1, 0.15) is 24.0 Å². The number of rotatable bonds is 3. The van der Waals surface area contributed by atoms with Crippen molar-refractivity contribution in [3.8, 4) is 0 Å². The zero-order chi connectivity index (χ0) is 23.2. The van der Waals surface area contributed by atoms with Gasteiger partial charge in [0.1, 0.15) is 16.8 Å². The van der Waals surface area contributed by atoms with Crippen molar-refractivity contribution in [2.24, 2.45) is 4.40 Å². The quantitative estimate of drug-likeness (QED) is 0.661. The summed E-state index contributed by atoms with van der Waals surface area (Å²) in [5.41, 5.74) is 1.43. The zero-order valence-electron chi connectivity index (χ0n) is 18.0. The van der Waals surface area contributed by atoms with Gasteiger partial charge in [0, 0.05) is 49.9 Å². The van der Waals surface area contributed by atoms with Gasteiger partial charge in [-0.1, -0.05) is 29.8 Å². The first-order valence-corrected chi connectivity index (χ1v) is 12.8. The molecule has 2 saturated heterocycles. The van der Waals surface area contributed by atoms with Crippen LogP contribution < -0.4 is 0 Å². The van der Waals surface area contributed by atoms with Crippen LogP contribution in [0.2, 0.25) is 5.02 Å². The van der Waals surface area contributed by atoms with Crippen LogP contribution in [0.3, 0.4) is 0 Å². The average molecular weight is 491 g/mol. The van der Waals surface area contributed by atoms with E-state index in [1.165, 1.54) is 12.1 Å². The predicted molar refractivity (Wildman–Crippen MR) is 123 cm³/mol. The fourth-order valence-corrected chi connectivity index (χ4v) is 6.24. The summed E-state index contributed by atoms with van der Waals surface area (Å²) in [6.45, 7) is 3.71. The van der Waals surface area contributed by atoms with E-state index in [9.17, 15) is 17.6 Å². The third kappa shape index (κ3) is 4.25. The summed E-state index contributed by atoms with van der Waals surface area (Å²) in [7, 11) is -3.73. The van der Waals surface area contributed by atoms with E-state index in [2.05, 4.69) is 9.30 Å². The fraction of sp³-hybridized carbons (Fsp3) is 0.391. The van der Waals surface area contributed by atoms with Crippen LogP contribution in [0.4, 0.5) is 4.39 Å². The number of hydrogen-bond donors (Lipinski definition) is 0. The first-order valence-electron chi connectivity index (χ1n) is 11.0. The number of likely N-dealkylation sites (tertiary alicyclic amines) is 1. The third-order valence-electron chi connectivity index (χ3n) is 6.52. The summed E-state index contributed by atoms with van der Waals surface area (Å²) in [5, 5.41) is 0.405. The van der Waals surface area contributed by atoms with Crippen LogP contribution in [0.5, 0.6) is 0 Å². The second-order valence-corrected chi connectivity index (χ2v) is 10.6. The van der Waals surface area contributed by atoms with Crippen molar-refractivity contribution in [2.45, 2.75) is 30.3 Å². The minimum Gasteiger partial charge on any atom is -0.343 e. The Bertz CT molecular complexity index is 1230. The molecule has 0 bridgehead atoms. The van der Waals surface area contributed by atoms with Crippen molar-refractivity contribution in [3.63, 3.8) is 0 Å². The molecule has 0 spiro atoms. The summed E-state index contributed by atoms with van der Waals surface area (Å²) in [4.78, 5) is 19.5. The Morgan fingerprint density at radius 3 is 2.61 bits per heavy atom. The van der Waals surface area contributed by atoms with Crippen LogP contribution >= 0.6 is 11.6 Å². The van der Waals surface area contributed by atoms with Crippen molar-refractivity contribution >= 4 is 33.4 Å². The molecular weight excluding hydrogens is 467 g/mol. The number of piperazine rings is 1. The molecule has 10 heteroatoms. The SMILES string of the molecule is O=C([C@@H]1CCCN1C1=NS(=O)(=O)c2ccccc21)N1CCN(Cc2ccc(F)cc2Cl)CC1. The first kappa shape index (κ1) is 22.3. The Labute approximate surface area is 197 Å². The normalized spacial score (nSPS) is 22.4. The van der Waals surface area contributed by atoms with Crippen molar-refractivity contribution < 1.29 is 17.6 Å². The maximum Gasteiger partial charge on any atom is 0.285 e. The lowest BCUT2D eigenvalue weighted by molar-refractivity contribution is -0.136. The highest BCUT2D eigenvalue weighted by atomic mass is 35.5. The molecule has 1 amide bonds. The lowest BCUT2D eigenvalue weighted by Gasteiger charge is -2.37. The molecule has 0 unspecified atom stereocenters. The fourth-order valence-electron chi connectivity index (χ4n) is 4.80. The van der Waals surface area contributed by atoms with E-state index in [-0.39, 0.29) is 16.6 Å². The molecule has 1 atom stereocenters. The number of carbonyl (C=O) groups excluding carboxylic acids is 1. The van der Waals surface area contributed by atoms with Gasteiger partial charge < -0.3 is 9.80 Å². The second-order valence-electron chi connectivity index (χ2n) is 8.57. The number of fused-ring (bicyclic) bond motifs is 1. The van der Waals surface area contributed by atoms with Gasteiger partial charge in [0.2, 0.25) is 5.91 Å². The molecule has 33 heavy (non-hydrogen) atoms. The lowest BCUT2D eigenvalue weighted by atomic mass is 10.1. The average Bonchev–Trinajstić information content (AvgIpc) is 3.38. The Morgan fingerprint density at radius 1 is 1.09 bits per heavy atom. The van der Waals surface area contributed by atoms with Crippen LogP contribution in [-0.4, -0.2) is 73.6 Å². The van der Waals surface area contributed by atoms with Gasteiger partial charge in [0.25, 0.3) is 10.0 Å². The highest BCUT2D eigenvalue weighted by Gasteiger charge is 2.41. The molecular formula is C23H24ClFN4O3S. The monoisotopic (exact) mass is 490 g/mol. The Hall–Kier alpha value is -2.49. The number of halogens is 2. The standard InChI is InChI=1S/C23H24ClFN4O3S/c24-19-14-17(25)8-7-16(19)15-27-10-12-28(13-11-27)23(30)20-5-3-9-29(20)22-18-4-1-2-6-21(18)33(31,32)26-22/h1-2,4,6-8,14,20H,3,5,9-13,15H2/t20-/m0/s1. The molecule has 2 aromatic carbocycles. The van der Waals surface area contributed by atoms with Gasteiger partial charge in [0.15, 0.2) is 5.84 Å². The molecule has 5 rings (SSSR count). The van der Waals surface area contributed by atoms with Crippen LogP contribution in [0, 0.1) is 5.82 Å². The molecule has 3 aliphatic heterocycles. The first-order chi connectivity index (χ1) is 15.8. The largest absolute Gasteiger partial charge is 0.343 e. The minimum atomic E-state index is -3.73. The molecule has 0 aliphatic carbocycles. The Morgan fingerprint density at radius 2 is 1.85 bits per heavy atom. The Balaban J connectivity index is 1.26. The molecule has 0 radical (unpaired) electrons. The van der Waals surface area contributed by atoms with Crippen molar-refractivity contribution in [1.82, 2.24) is 14.7 Å². The number of sulfonamides is 1. The van der Waals surface area contributed by atoms with Crippen molar-refractivity contribution in [3.05, 3.63) is 64.4 Å². The third-order valence-corrected chi connectivity index (χ3v) is 8.19. The van der Waals surface area contributed by atoms with E-state index < -0.39 is 16.1 Å². The molecule has 174 valence electrons. The molecule has 2 fully saturated rings. The number of hydrogen-bond acceptors (Lipinski definition) is 5. The van der Waals surface area contributed by atoms with E-state index in [0.29, 0.717) is 62.1 Å².